The molecule has 4 aromatic heterocycles. The Balaban J connectivity index is 1.42. The van der Waals surface area contributed by atoms with Crippen LogP contribution in [-0.2, 0) is 7.05 Å². The number of pyridine rings is 3. The molecular formula is C24H29N7. The molecule has 0 saturated carbocycles. The van der Waals surface area contributed by atoms with Crippen molar-refractivity contribution in [3.63, 3.8) is 0 Å². The molecule has 5 heterocycles. The summed E-state index contributed by atoms with van der Waals surface area (Å²) in [6, 6.07) is 10.8. The molecule has 1 N–H and O–H groups in total. The highest BCUT2D eigenvalue weighted by molar-refractivity contribution is 5.83. The van der Waals surface area contributed by atoms with Crippen LogP contribution >= 0.6 is 0 Å². The summed E-state index contributed by atoms with van der Waals surface area (Å²) in [5.74, 6) is 1.02. The Morgan fingerprint density at radius 1 is 0.968 bits per heavy atom. The Morgan fingerprint density at radius 3 is 2.52 bits per heavy atom. The van der Waals surface area contributed by atoms with E-state index in [1.165, 1.54) is 0 Å². The first-order chi connectivity index (χ1) is 14.7. The highest BCUT2D eigenvalue weighted by atomic mass is 15.3. The Hall–Kier alpha value is -3.06. The quantitative estimate of drug-likeness (QED) is 0.548. The molecule has 7 nitrogen and oxygen atoms in total. The number of rotatable bonds is 3. The van der Waals surface area contributed by atoms with Crippen LogP contribution in [-0.4, -0.2) is 49.4 Å². The van der Waals surface area contributed by atoms with Crippen LogP contribution in [0.2, 0.25) is 0 Å². The zero-order chi connectivity index (χ0) is 21.8. The lowest BCUT2D eigenvalue weighted by molar-refractivity contribution is 0.373. The molecule has 0 aliphatic carbocycles. The van der Waals surface area contributed by atoms with Gasteiger partial charge in [-0.1, -0.05) is 0 Å². The molecule has 1 aliphatic heterocycles. The van der Waals surface area contributed by atoms with E-state index in [-0.39, 0.29) is 5.54 Å². The van der Waals surface area contributed by atoms with E-state index in [2.05, 4.69) is 61.2 Å². The molecule has 4 aromatic rings. The van der Waals surface area contributed by atoms with E-state index in [9.17, 15) is 0 Å². The summed E-state index contributed by atoms with van der Waals surface area (Å²) in [7, 11) is 1.92. The summed E-state index contributed by atoms with van der Waals surface area (Å²) in [5.41, 5.74) is 6.56. The van der Waals surface area contributed by atoms with Gasteiger partial charge < -0.3 is 10.2 Å². The molecule has 7 heteroatoms. The molecule has 5 rings (SSSR count). The lowest BCUT2D eigenvalue weighted by atomic mass is 10.1. The maximum absolute atomic E-state index is 4.90. The zero-order valence-corrected chi connectivity index (χ0v) is 18.8. The number of nitrogens with zero attached hydrogens (tertiary/aromatic N) is 6. The van der Waals surface area contributed by atoms with Gasteiger partial charge in [0.25, 0.3) is 0 Å². The number of hydrogen-bond acceptors (Lipinski definition) is 6. The maximum atomic E-state index is 4.90. The summed E-state index contributed by atoms with van der Waals surface area (Å²) in [6.45, 7) is 10.7. The first-order valence-electron chi connectivity index (χ1n) is 10.9. The summed E-state index contributed by atoms with van der Waals surface area (Å²) in [4.78, 5) is 16.9. The normalized spacial score (nSPS) is 17.2. The van der Waals surface area contributed by atoms with Gasteiger partial charge in [0.1, 0.15) is 16.9 Å². The van der Waals surface area contributed by atoms with Crippen molar-refractivity contribution < 1.29 is 0 Å². The van der Waals surface area contributed by atoms with Gasteiger partial charge in [-0.2, -0.15) is 5.10 Å². The van der Waals surface area contributed by atoms with E-state index in [1.54, 1.807) is 4.68 Å². The average Bonchev–Trinajstić information content (AvgIpc) is 3.32. The number of aryl methyl sites for hydroxylation is 2. The summed E-state index contributed by atoms with van der Waals surface area (Å²) >= 11 is 0. The largest absolute Gasteiger partial charge is 0.355 e. The van der Waals surface area contributed by atoms with Gasteiger partial charge in [-0.15, -0.1) is 0 Å². The van der Waals surface area contributed by atoms with E-state index in [4.69, 9.17) is 15.0 Å². The predicted octanol–water partition coefficient (Wildman–Crippen LogP) is 3.85. The van der Waals surface area contributed by atoms with Crippen molar-refractivity contribution >= 4 is 27.9 Å². The number of hydrogen-bond donors (Lipinski definition) is 1. The van der Waals surface area contributed by atoms with Crippen molar-refractivity contribution in [2.24, 2.45) is 7.05 Å². The lowest BCUT2D eigenvalue weighted by Gasteiger charge is -2.26. The number of nitrogens with one attached hydrogen (secondary N) is 1. The summed E-state index contributed by atoms with van der Waals surface area (Å²) in [6.07, 6.45) is 3.08. The molecule has 1 aliphatic rings. The highest BCUT2D eigenvalue weighted by Crippen LogP contribution is 2.26. The predicted molar refractivity (Wildman–Crippen MR) is 125 cm³/mol. The van der Waals surface area contributed by atoms with E-state index >= 15 is 0 Å². The van der Waals surface area contributed by atoms with E-state index in [0.717, 1.165) is 64.3 Å². The van der Waals surface area contributed by atoms with Crippen LogP contribution in [0.5, 0.6) is 0 Å². The molecule has 0 amide bonds. The molecular weight excluding hydrogens is 386 g/mol. The molecule has 1 fully saturated rings. The van der Waals surface area contributed by atoms with Crippen LogP contribution in [0.25, 0.3) is 33.5 Å². The Labute approximate surface area is 182 Å². The Kier molecular flexibility index (Phi) is 4.66. The molecule has 0 aromatic carbocycles. The monoisotopic (exact) mass is 415 g/mol. The minimum atomic E-state index is 0.128. The summed E-state index contributed by atoms with van der Waals surface area (Å²) in [5, 5.41) is 8.19. The fourth-order valence-electron chi connectivity index (χ4n) is 4.42. The van der Waals surface area contributed by atoms with Crippen molar-refractivity contribution in [3.05, 3.63) is 42.1 Å². The highest BCUT2D eigenvalue weighted by Gasteiger charge is 2.26. The SMILES string of the molecule is Cc1cc(-c2ccc3nc(N4CCC(NC(C)(C)C)C4)ccc3n2)nc2cn(C)nc12. The average molecular weight is 416 g/mol. The van der Waals surface area contributed by atoms with Gasteiger partial charge in [0.2, 0.25) is 0 Å². The van der Waals surface area contributed by atoms with Crippen LogP contribution in [0.4, 0.5) is 5.82 Å². The van der Waals surface area contributed by atoms with Gasteiger partial charge in [-0.05, 0) is 70.0 Å². The molecule has 0 radical (unpaired) electrons. The fraction of sp³-hybridized carbons (Fsp3) is 0.417. The minimum absolute atomic E-state index is 0.128. The number of anilines is 1. The van der Waals surface area contributed by atoms with Crippen molar-refractivity contribution in [3.8, 4) is 11.4 Å². The van der Waals surface area contributed by atoms with Gasteiger partial charge in [0, 0.05) is 31.7 Å². The van der Waals surface area contributed by atoms with Gasteiger partial charge in [0.15, 0.2) is 0 Å². The van der Waals surface area contributed by atoms with Crippen molar-refractivity contribution in [2.75, 3.05) is 18.0 Å². The van der Waals surface area contributed by atoms with Gasteiger partial charge in [-0.25, -0.2) is 15.0 Å². The standard InChI is InChI=1S/C24H29N7/c1-15-12-20(26-21-14-30(5)29-23(15)21)19-7-6-18-17(25-19)8-9-22(27-18)31-11-10-16(13-31)28-24(2,3)4/h6-9,12,14,16,28H,10-11,13H2,1-5H3. The van der Waals surface area contributed by atoms with Gasteiger partial charge >= 0.3 is 0 Å². The van der Waals surface area contributed by atoms with Crippen LogP contribution in [0.3, 0.4) is 0 Å². The maximum Gasteiger partial charge on any atom is 0.129 e. The first-order valence-corrected chi connectivity index (χ1v) is 10.9. The molecule has 0 spiro atoms. The number of fused-ring (bicyclic) bond motifs is 2. The third-order valence-corrected chi connectivity index (χ3v) is 5.72. The van der Waals surface area contributed by atoms with Crippen molar-refractivity contribution in [2.45, 2.75) is 45.7 Å². The van der Waals surface area contributed by atoms with E-state index < -0.39 is 0 Å². The minimum Gasteiger partial charge on any atom is -0.355 e. The topological polar surface area (TPSA) is 71.8 Å². The van der Waals surface area contributed by atoms with Crippen LogP contribution in [0.15, 0.2) is 36.5 Å². The summed E-state index contributed by atoms with van der Waals surface area (Å²) < 4.78 is 1.80. The van der Waals surface area contributed by atoms with Gasteiger partial charge in [0.05, 0.1) is 28.6 Å². The smallest absolute Gasteiger partial charge is 0.129 e. The first kappa shape index (κ1) is 19.9. The van der Waals surface area contributed by atoms with Gasteiger partial charge in [-0.3, -0.25) is 4.68 Å². The third kappa shape index (κ3) is 3.97. The molecule has 1 unspecified atom stereocenters. The van der Waals surface area contributed by atoms with Crippen molar-refractivity contribution in [1.82, 2.24) is 30.0 Å². The molecule has 31 heavy (non-hydrogen) atoms. The van der Waals surface area contributed by atoms with Crippen LogP contribution in [0, 0.1) is 6.92 Å². The Bertz CT molecular complexity index is 1270. The Morgan fingerprint density at radius 2 is 1.71 bits per heavy atom. The molecule has 1 atom stereocenters. The fourth-order valence-corrected chi connectivity index (χ4v) is 4.42. The lowest BCUT2D eigenvalue weighted by Crippen LogP contribution is -2.44. The second-order valence-electron chi connectivity index (χ2n) is 9.59. The van der Waals surface area contributed by atoms with Crippen LogP contribution in [0.1, 0.15) is 32.8 Å². The molecule has 0 bridgehead atoms. The third-order valence-electron chi connectivity index (χ3n) is 5.72. The zero-order valence-electron chi connectivity index (χ0n) is 18.8. The molecule has 1 saturated heterocycles. The van der Waals surface area contributed by atoms with E-state index in [0.29, 0.717) is 6.04 Å². The second kappa shape index (κ2) is 7.27. The van der Waals surface area contributed by atoms with E-state index in [1.807, 2.05) is 25.4 Å². The van der Waals surface area contributed by atoms with Crippen molar-refractivity contribution in [1.29, 1.82) is 0 Å². The molecule has 160 valence electrons. The second-order valence-corrected chi connectivity index (χ2v) is 9.59. The van der Waals surface area contributed by atoms with Crippen LogP contribution < -0.4 is 10.2 Å². The number of aromatic nitrogens is 5.